The molecule has 1 aliphatic heterocycles. The molecule has 7 heteroatoms. The molecule has 2 rings (SSSR count). The molecule has 1 aliphatic rings. The van der Waals surface area contributed by atoms with Crippen LogP contribution in [0.4, 0.5) is 13.2 Å². The molecule has 1 saturated heterocycles. The molecule has 0 aromatic heterocycles. The SMILES string of the molecule is CC[C@@H]1C[C@@H](C(=O)N[C@@H](C)Cc2ccccc2C(F)(F)F)CC(=O)N1. The van der Waals surface area contributed by atoms with Crippen molar-refractivity contribution in [3.8, 4) is 0 Å². The van der Waals surface area contributed by atoms with Crippen LogP contribution in [-0.4, -0.2) is 23.9 Å². The van der Waals surface area contributed by atoms with Crippen LogP contribution in [0.15, 0.2) is 24.3 Å². The summed E-state index contributed by atoms with van der Waals surface area (Å²) in [6.45, 7) is 3.60. The van der Waals surface area contributed by atoms with Gasteiger partial charge in [-0.2, -0.15) is 13.2 Å². The Hall–Kier alpha value is -2.05. The van der Waals surface area contributed by atoms with E-state index in [9.17, 15) is 22.8 Å². The first-order chi connectivity index (χ1) is 11.7. The van der Waals surface area contributed by atoms with Gasteiger partial charge in [0.1, 0.15) is 0 Å². The van der Waals surface area contributed by atoms with E-state index in [0.29, 0.717) is 6.42 Å². The van der Waals surface area contributed by atoms with Crippen LogP contribution < -0.4 is 10.6 Å². The van der Waals surface area contributed by atoms with Gasteiger partial charge in [0.2, 0.25) is 11.8 Å². The zero-order chi connectivity index (χ0) is 18.6. The number of nitrogens with one attached hydrogen (secondary N) is 2. The van der Waals surface area contributed by atoms with Crippen molar-refractivity contribution in [2.45, 2.75) is 57.8 Å². The van der Waals surface area contributed by atoms with Gasteiger partial charge in [-0.1, -0.05) is 25.1 Å². The number of benzene rings is 1. The van der Waals surface area contributed by atoms with Crippen molar-refractivity contribution in [2.24, 2.45) is 5.92 Å². The molecule has 1 aromatic carbocycles. The Morgan fingerprint density at radius 1 is 1.36 bits per heavy atom. The van der Waals surface area contributed by atoms with E-state index < -0.39 is 23.7 Å². The molecule has 1 fully saturated rings. The maximum atomic E-state index is 13.0. The lowest BCUT2D eigenvalue weighted by atomic mass is 9.89. The fraction of sp³-hybridized carbons (Fsp3) is 0.556. The van der Waals surface area contributed by atoms with Crippen molar-refractivity contribution in [3.63, 3.8) is 0 Å². The van der Waals surface area contributed by atoms with E-state index in [0.717, 1.165) is 12.5 Å². The average Bonchev–Trinajstić information content (AvgIpc) is 2.53. The maximum Gasteiger partial charge on any atom is 0.416 e. The molecule has 0 bridgehead atoms. The number of piperidine rings is 1. The lowest BCUT2D eigenvalue weighted by molar-refractivity contribution is -0.138. The molecule has 138 valence electrons. The zero-order valence-electron chi connectivity index (χ0n) is 14.3. The lowest BCUT2D eigenvalue weighted by Gasteiger charge is -2.29. The molecule has 3 atom stereocenters. The second kappa shape index (κ2) is 7.89. The van der Waals surface area contributed by atoms with Crippen molar-refractivity contribution in [2.75, 3.05) is 0 Å². The molecule has 1 aromatic rings. The van der Waals surface area contributed by atoms with Gasteiger partial charge in [-0.25, -0.2) is 0 Å². The highest BCUT2D eigenvalue weighted by Crippen LogP contribution is 2.32. The summed E-state index contributed by atoms with van der Waals surface area (Å²) in [4.78, 5) is 24.0. The molecule has 2 amide bonds. The third-order valence-electron chi connectivity index (χ3n) is 4.47. The number of rotatable bonds is 5. The monoisotopic (exact) mass is 356 g/mol. The summed E-state index contributed by atoms with van der Waals surface area (Å²) in [7, 11) is 0. The Morgan fingerprint density at radius 2 is 2.04 bits per heavy atom. The Labute approximate surface area is 145 Å². The van der Waals surface area contributed by atoms with Gasteiger partial charge in [0.05, 0.1) is 5.56 Å². The first kappa shape index (κ1) is 19.3. The quantitative estimate of drug-likeness (QED) is 0.852. The van der Waals surface area contributed by atoms with Crippen molar-refractivity contribution in [1.29, 1.82) is 0 Å². The van der Waals surface area contributed by atoms with Crippen LogP contribution in [0.3, 0.4) is 0 Å². The predicted octanol–water partition coefficient (Wildman–Crippen LogP) is 3.06. The fourth-order valence-electron chi connectivity index (χ4n) is 3.18. The summed E-state index contributed by atoms with van der Waals surface area (Å²) in [5, 5.41) is 5.58. The van der Waals surface area contributed by atoms with E-state index in [1.165, 1.54) is 12.1 Å². The third kappa shape index (κ3) is 5.21. The van der Waals surface area contributed by atoms with E-state index in [-0.39, 0.29) is 36.3 Å². The van der Waals surface area contributed by atoms with Crippen molar-refractivity contribution >= 4 is 11.8 Å². The normalized spacial score (nSPS) is 22.2. The largest absolute Gasteiger partial charge is 0.416 e. The standard InChI is InChI=1S/C18H23F3N2O2/c1-3-14-9-13(10-16(24)23-14)17(25)22-11(2)8-12-6-4-5-7-15(12)18(19,20)21/h4-7,11,13-14H,3,8-10H2,1-2H3,(H,22,25)(H,23,24)/t11-,13+,14+/m0/s1. The first-order valence-corrected chi connectivity index (χ1v) is 8.45. The van der Waals surface area contributed by atoms with E-state index in [2.05, 4.69) is 10.6 Å². The van der Waals surface area contributed by atoms with Crippen LogP contribution in [0, 0.1) is 5.92 Å². The van der Waals surface area contributed by atoms with E-state index >= 15 is 0 Å². The van der Waals surface area contributed by atoms with Gasteiger partial charge < -0.3 is 10.6 Å². The molecule has 0 spiro atoms. The van der Waals surface area contributed by atoms with Gasteiger partial charge in [0, 0.05) is 24.4 Å². The van der Waals surface area contributed by atoms with E-state index in [1.54, 1.807) is 13.0 Å². The van der Waals surface area contributed by atoms with Crippen LogP contribution in [0.1, 0.15) is 44.2 Å². The molecule has 0 radical (unpaired) electrons. The second-order valence-corrected chi connectivity index (χ2v) is 6.58. The van der Waals surface area contributed by atoms with Crippen LogP contribution in [-0.2, 0) is 22.2 Å². The number of hydrogen-bond donors (Lipinski definition) is 2. The average molecular weight is 356 g/mol. The Bertz CT molecular complexity index is 631. The van der Waals surface area contributed by atoms with Gasteiger partial charge in [0.15, 0.2) is 0 Å². The first-order valence-electron chi connectivity index (χ1n) is 8.45. The molecule has 0 unspecified atom stereocenters. The Kier molecular flexibility index (Phi) is 6.08. The molecular weight excluding hydrogens is 333 g/mol. The Morgan fingerprint density at radius 3 is 2.68 bits per heavy atom. The second-order valence-electron chi connectivity index (χ2n) is 6.58. The summed E-state index contributed by atoms with van der Waals surface area (Å²) in [6.07, 6.45) is -2.92. The number of amides is 2. The van der Waals surface area contributed by atoms with Gasteiger partial charge >= 0.3 is 6.18 Å². The zero-order valence-corrected chi connectivity index (χ0v) is 14.3. The van der Waals surface area contributed by atoms with Gasteiger partial charge in [-0.3, -0.25) is 9.59 Å². The minimum Gasteiger partial charge on any atom is -0.353 e. The number of carbonyl (C=O) groups is 2. The number of hydrogen-bond acceptors (Lipinski definition) is 2. The molecular formula is C18H23F3N2O2. The molecule has 4 nitrogen and oxygen atoms in total. The number of carbonyl (C=O) groups excluding carboxylic acids is 2. The van der Waals surface area contributed by atoms with Gasteiger partial charge in [0.25, 0.3) is 0 Å². The van der Waals surface area contributed by atoms with Crippen LogP contribution in [0.5, 0.6) is 0 Å². The third-order valence-corrected chi connectivity index (χ3v) is 4.47. The summed E-state index contributed by atoms with van der Waals surface area (Å²) in [6, 6.07) is 4.88. The van der Waals surface area contributed by atoms with Crippen molar-refractivity contribution in [3.05, 3.63) is 35.4 Å². The number of halogens is 3. The highest BCUT2D eigenvalue weighted by molar-refractivity contribution is 5.87. The van der Waals surface area contributed by atoms with E-state index in [1.807, 2.05) is 6.92 Å². The van der Waals surface area contributed by atoms with Crippen LogP contribution >= 0.6 is 0 Å². The van der Waals surface area contributed by atoms with Crippen LogP contribution in [0.25, 0.3) is 0 Å². The minimum atomic E-state index is -4.42. The highest BCUT2D eigenvalue weighted by atomic mass is 19.4. The highest BCUT2D eigenvalue weighted by Gasteiger charge is 2.34. The van der Waals surface area contributed by atoms with Crippen molar-refractivity contribution < 1.29 is 22.8 Å². The molecule has 0 aliphatic carbocycles. The topological polar surface area (TPSA) is 58.2 Å². The van der Waals surface area contributed by atoms with Crippen LogP contribution in [0.2, 0.25) is 0 Å². The Balaban J connectivity index is 2.00. The lowest BCUT2D eigenvalue weighted by Crippen LogP contribution is -2.48. The molecule has 2 N–H and O–H groups in total. The van der Waals surface area contributed by atoms with Crippen molar-refractivity contribution in [1.82, 2.24) is 10.6 Å². The minimum absolute atomic E-state index is 0.0294. The maximum absolute atomic E-state index is 13.0. The summed E-state index contributed by atoms with van der Waals surface area (Å²) in [5.74, 6) is -0.863. The summed E-state index contributed by atoms with van der Waals surface area (Å²) < 4.78 is 39.1. The smallest absolute Gasteiger partial charge is 0.353 e. The van der Waals surface area contributed by atoms with E-state index in [4.69, 9.17) is 0 Å². The summed E-state index contributed by atoms with van der Waals surface area (Å²) in [5.41, 5.74) is -0.533. The molecule has 0 saturated carbocycles. The molecule has 25 heavy (non-hydrogen) atoms. The molecule has 1 heterocycles. The summed E-state index contributed by atoms with van der Waals surface area (Å²) >= 11 is 0. The van der Waals surface area contributed by atoms with Gasteiger partial charge in [-0.15, -0.1) is 0 Å². The fourth-order valence-corrected chi connectivity index (χ4v) is 3.18. The van der Waals surface area contributed by atoms with Gasteiger partial charge in [-0.05, 0) is 37.8 Å². The predicted molar refractivity (Wildman–Crippen MR) is 87.7 cm³/mol. The number of alkyl halides is 3.